The molecule has 0 aliphatic rings. The first-order valence-corrected chi connectivity index (χ1v) is 6.88. The van der Waals surface area contributed by atoms with Crippen LogP contribution in [0, 0.1) is 0 Å². The van der Waals surface area contributed by atoms with Crippen molar-refractivity contribution in [3.05, 3.63) is 29.8 Å². The maximum absolute atomic E-state index is 11.1. The van der Waals surface area contributed by atoms with Gasteiger partial charge in [-0.05, 0) is 24.6 Å². The van der Waals surface area contributed by atoms with E-state index in [1.807, 2.05) is 6.92 Å². The van der Waals surface area contributed by atoms with Gasteiger partial charge in [0.1, 0.15) is 0 Å². The van der Waals surface area contributed by atoms with Crippen LogP contribution in [0.25, 0.3) is 0 Å². The molecule has 1 rings (SSSR count). The second-order valence-electron chi connectivity index (χ2n) is 3.53. The molecule has 100 valence electrons. The van der Waals surface area contributed by atoms with Crippen molar-refractivity contribution < 1.29 is 8.42 Å². The zero-order chi connectivity index (χ0) is 13.6. The predicted octanol–water partition coefficient (Wildman–Crippen LogP) is -0.737. The van der Waals surface area contributed by atoms with Gasteiger partial charge in [0.15, 0.2) is 0 Å². The van der Waals surface area contributed by atoms with Crippen LogP contribution in [0.4, 0.5) is 0 Å². The molecule has 1 aromatic carbocycles. The third-order valence-electron chi connectivity index (χ3n) is 2.15. The number of sulfonamides is 1. The molecule has 0 spiro atoms. The number of rotatable bonds is 4. The smallest absolute Gasteiger partial charge is 0.238 e. The first-order chi connectivity index (χ1) is 8.47. The van der Waals surface area contributed by atoms with Gasteiger partial charge in [0.25, 0.3) is 0 Å². The van der Waals surface area contributed by atoms with E-state index >= 15 is 0 Å². The lowest BCUT2D eigenvalue weighted by molar-refractivity contribution is 0.598. The molecule has 7 nitrogen and oxygen atoms in total. The van der Waals surface area contributed by atoms with Crippen LogP contribution < -0.4 is 21.7 Å². The number of nitrogens with zero attached hydrogens (tertiary/aromatic N) is 1. The number of aliphatic imine (C=N–C) groups is 1. The van der Waals surface area contributed by atoms with Gasteiger partial charge in [0, 0.05) is 6.54 Å². The van der Waals surface area contributed by atoms with Gasteiger partial charge < -0.3 is 5.32 Å². The van der Waals surface area contributed by atoms with E-state index in [0.29, 0.717) is 19.0 Å². The van der Waals surface area contributed by atoms with Crippen LogP contribution in [0.15, 0.2) is 34.2 Å². The Bertz CT molecular complexity index is 510. The molecule has 0 heterocycles. The van der Waals surface area contributed by atoms with Crippen LogP contribution in [0.5, 0.6) is 0 Å². The summed E-state index contributed by atoms with van der Waals surface area (Å²) in [6, 6.07) is 6.21. The highest BCUT2D eigenvalue weighted by molar-refractivity contribution is 7.89. The minimum atomic E-state index is -3.64. The molecule has 6 N–H and O–H groups in total. The Morgan fingerprint density at radius 2 is 1.94 bits per heavy atom. The second kappa shape index (κ2) is 6.34. The Hall–Kier alpha value is -1.64. The monoisotopic (exact) mass is 271 g/mol. The zero-order valence-electron chi connectivity index (χ0n) is 10.1. The molecule has 0 saturated heterocycles. The van der Waals surface area contributed by atoms with Crippen molar-refractivity contribution in [3.8, 4) is 0 Å². The Balaban J connectivity index is 2.75. The van der Waals surface area contributed by atoms with Crippen molar-refractivity contribution in [2.24, 2.45) is 16.0 Å². The van der Waals surface area contributed by atoms with Crippen molar-refractivity contribution in [2.75, 3.05) is 6.54 Å². The maximum atomic E-state index is 11.1. The van der Waals surface area contributed by atoms with Crippen LogP contribution in [-0.4, -0.2) is 20.9 Å². The second-order valence-corrected chi connectivity index (χ2v) is 5.09. The Morgan fingerprint density at radius 3 is 2.39 bits per heavy atom. The predicted molar refractivity (Wildman–Crippen MR) is 70.0 cm³/mol. The zero-order valence-corrected chi connectivity index (χ0v) is 10.9. The lowest BCUT2D eigenvalue weighted by atomic mass is 10.2. The van der Waals surface area contributed by atoms with Crippen molar-refractivity contribution in [1.29, 1.82) is 0 Å². The molecule has 0 unspecified atom stereocenters. The minimum Gasteiger partial charge on any atom is -0.356 e. The fourth-order valence-electron chi connectivity index (χ4n) is 1.27. The van der Waals surface area contributed by atoms with Gasteiger partial charge >= 0.3 is 0 Å². The fraction of sp³-hybridized carbons (Fsp3) is 0.300. The number of hydrogen-bond acceptors (Lipinski definition) is 4. The number of nitrogens with one attached hydrogen (secondary N) is 2. The van der Waals surface area contributed by atoms with Gasteiger partial charge in [-0.2, -0.15) is 0 Å². The molecule has 0 radical (unpaired) electrons. The van der Waals surface area contributed by atoms with Crippen LogP contribution in [0.1, 0.15) is 12.5 Å². The number of hydrazine groups is 1. The molecular formula is C10H17N5O2S. The van der Waals surface area contributed by atoms with E-state index in [0.717, 1.165) is 5.56 Å². The van der Waals surface area contributed by atoms with Crippen LogP contribution in [0.2, 0.25) is 0 Å². The first kappa shape index (κ1) is 14.4. The normalized spacial score (nSPS) is 12.3. The van der Waals surface area contributed by atoms with E-state index < -0.39 is 10.0 Å². The highest BCUT2D eigenvalue weighted by atomic mass is 32.2. The molecular weight excluding hydrogens is 254 g/mol. The third kappa shape index (κ3) is 4.32. The molecule has 8 heteroatoms. The molecule has 0 atom stereocenters. The summed E-state index contributed by atoms with van der Waals surface area (Å²) < 4.78 is 22.1. The SMILES string of the molecule is CCNC(=NCc1ccc(S(N)(=O)=O)cc1)NN. The third-order valence-corrected chi connectivity index (χ3v) is 3.08. The molecule has 0 aliphatic heterocycles. The van der Waals surface area contributed by atoms with E-state index in [9.17, 15) is 8.42 Å². The molecule has 1 aromatic rings. The maximum Gasteiger partial charge on any atom is 0.238 e. The molecule has 0 aliphatic carbocycles. The number of nitrogens with two attached hydrogens (primary N) is 2. The minimum absolute atomic E-state index is 0.0825. The summed E-state index contributed by atoms with van der Waals surface area (Å²) in [5.74, 6) is 5.74. The van der Waals surface area contributed by atoms with Crippen molar-refractivity contribution in [2.45, 2.75) is 18.4 Å². The number of hydrogen-bond donors (Lipinski definition) is 4. The highest BCUT2D eigenvalue weighted by Gasteiger charge is 2.06. The van der Waals surface area contributed by atoms with E-state index in [1.165, 1.54) is 12.1 Å². The number of primary sulfonamides is 1. The summed E-state index contributed by atoms with van der Waals surface area (Å²) in [6.07, 6.45) is 0. The molecule has 0 saturated carbocycles. The number of guanidine groups is 1. The molecule has 0 bridgehead atoms. The summed E-state index contributed by atoms with van der Waals surface area (Å²) in [7, 11) is -3.64. The average molecular weight is 271 g/mol. The van der Waals surface area contributed by atoms with Gasteiger partial charge in [-0.25, -0.2) is 24.4 Å². The van der Waals surface area contributed by atoms with E-state index in [1.54, 1.807) is 12.1 Å². The van der Waals surface area contributed by atoms with Gasteiger partial charge in [-0.1, -0.05) is 12.1 Å². The Labute approximate surface area is 106 Å². The first-order valence-electron chi connectivity index (χ1n) is 5.34. The van der Waals surface area contributed by atoms with Gasteiger partial charge in [-0.15, -0.1) is 0 Å². The van der Waals surface area contributed by atoms with Crippen LogP contribution in [-0.2, 0) is 16.6 Å². The lowest BCUT2D eigenvalue weighted by Gasteiger charge is -2.06. The largest absolute Gasteiger partial charge is 0.356 e. The molecule has 18 heavy (non-hydrogen) atoms. The number of benzene rings is 1. The Kier molecular flexibility index (Phi) is 5.08. The molecule has 0 aromatic heterocycles. The van der Waals surface area contributed by atoms with Crippen molar-refractivity contribution in [1.82, 2.24) is 10.7 Å². The quantitative estimate of drug-likeness (QED) is 0.249. The molecule has 0 fully saturated rings. The van der Waals surface area contributed by atoms with Crippen molar-refractivity contribution >= 4 is 16.0 Å². The Morgan fingerprint density at radius 1 is 1.33 bits per heavy atom. The summed E-state index contributed by atoms with van der Waals surface area (Å²) >= 11 is 0. The van der Waals surface area contributed by atoms with Gasteiger partial charge in [0.05, 0.1) is 11.4 Å². The average Bonchev–Trinajstić information content (AvgIpc) is 2.34. The van der Waals surface area contributed by atoms with E-state index in [2.05, 4.69) is 15.7 Å². The van der Waals surface area contributed by atoms with Gasteiger partial charge in [0.2, 0.25) is 16.0 Å². The standard InChI is InChI=1S/C10H17N5O2S/c1-2-13-10(15-11)14-7-8-3-5-9(6-4-8)18(12,16)17/h3-6H,2,7,11H2,1H3,(H2,12,16,17)(H2,13,14,15). The summed E-state index contributed by atoms with van der Waals surface area (Å²) in [6.45, 7) is 3.01. The van der Waals surface area contributed by atoms with Crippen LogP contribution in [0.3, 0.4) is 0 Å². The van der Waals surface area contributed by atoms with E-state index in [-0.39, 0.29) is 4.90 Å². The van der Waals surface area contributed by atoms with E-state index in [4.69, 9.17) is 11.0 Å². The summed E-state index contributed by atoms with van der Waals surface area (Å²) in [4.78, 5) is 4.27. The topological polar surface area (TPSA) is 123 Å². The van der Waals surface area contributed by atoms with Crippen molar-refractivity contribution in [3.63, 3.8) is 0 Å². The van der Waals surface area contributed by atoms with Crippen LogP contribution >= 0.6 is 0 Å². The highest BCUT2D eigenvalue weighted by Crippen LogP contribution is 2.09. The summed E-state index contributed by atoms with van der Waals surface area (Å²) in [5.41, 5.74) is 3.29. The van der Waals surface area contributed by atoms with Gasteiger partial charge in [-0.3, -0.25) is 5.43 Å². The molecule has 0 amide bonds. The fourth-order valence-corrected chi connectivity index (χ4v) is 1.79. The summed E-state index contributed by atoms with van der Waals surface area (Å²) in [5, 5.41) is 7.93. The lowest BCUT2D eigenvalue weighted by Crippen LogP contribution is -2.41.